The molecule has 0 unspecified atom stereocenters. The second-order valence-corrected chi connectivity index (χ2v) is 3.47. The van der Waals surface area contributed by atoms with Gasteiger partial charge in [-0.1, -0.05) is 0 Å². The van der Waals surface area contributed by atoms with E-state index in [0.29, 0.717) is 17.1 Å². The predicted molar refractivity (Wildman–Crippen MR) is 53.1 cm³/mol. The van der Waals surface area contributed by atoms with E-state index in [9.17, 15) is 9.59 Å². The summed E-state index contributed by atoms with van der Waals surface area (Å²) in [6.07, 6.45) is 1.47. The van der Waals surface area contributed by atoms with Gasteiger partial charge in [0, 0.05) is 18.7 Å². The summed E-state index contributed by atoms with van der Waals surface area (Å²) in [5.74, 6) is -0.938. The monoisotopic (exact) mass is 214 g/mol. The van der Waals surface area contributed by atoms with Gasteiger partial charge in [0.25, 0.3) is 11.6 Å². The summed E-state index contributed by atoms with van der Waals surface area (Å²) in [6.45, 7) is 1.63. The van der Waals surface area contributed by atoms with Gasteiger partial charge in [-0.2, -0.15) is 0 Å². The second-order valence-electron chi connectivity index (χ2n) is 3.47. The molecule has 1 aliphatic rings. The van der Waals surface area contributed by atoms with Gasteiger partial charge in [-0.3, -0.25) is 14.6 Å². The van der Waals surface area contributed by atoms with Crippen molar-refractivity contribution < 1.29 is 14.0 Å². The molecule has 0 bridgehead atoms. The fourth-order valence-corrected chi connectivity index (χ4v) is 1.75. The standard InChI is InChI=1S/C11H6N2O3/c1-5-13-8-6-3-2-4-12-7(6)9(14)10(15)11(8)16-5/h2-4H,1H3. The summed E-state index contributed by atoms with van der Waals surface area (Å²) < 4.78 is 5.14. The SMILES string of the molecule is Cc1nc2c(o1)C(=O)C(=O)c1ncccc1-2. The quantitative estimate of drug-likeness (QED) is 0.620. The topological polar surface area (TPSA) is 73.1 Å². The Kier molecular flexibility index (Phi) is 1.60. The van der Waals surface area contributed by atoms with Crippen LogP contribution in [0.4, 0.5) is 0 Å². The zero-order chi connectivity index (χ0) is 11.3. The highest BCUT2D eigenvalue weighted by atomic mass is 16.4. The number of pyridine rings is 1. The molecule has 0 aromatic carbocycles. The van der Waals surface area contributed by atoms with Crippen molar-refractivity contribution in [2.45, 2.75) is 6.92 Å². The minimum Gasteiger partial charge on any atom is -0.437 e. The molecule has 16 heavy (non-hydrogen) atoms. The van der Waals surface area contributed by atoms with Crippen LogP contribution in [0.25, 0.3) is 11.3 Å². The van der Waals surface area contributed by atoms with Crippen LogP contribution in [0.5, 0.6) is 0 Å². The molecule has 0 amide bonds. The van der Waals surface area contributed by atoms with Crippen molar-refractivity contribution in [1.82, 2.24) is 9.97 Å². The third-order valence-corrected chi connectivity index (χ3v) is 2.42. The third-order valence-electron chi connectivity index (χ3n) is 2.42. The Balaban J connectivity index is 2.41. The number of ketones is 2. The van der Waals surface area contributed by atoms with Gasteiger partial charge in [0.15, 0.2) is 5.89 Å². The number of carbonyl (C=O) groups excluding carboxylic acids is 2. The first-order valence-corrected chi connectivity index (χ1v) is 4.70. The summed E-state index contributed by atoms with van der Waals surface area (Å²) in [5, 5.41) is 0. The number of Topliss-reactive ketones (excluding diaryl/α,β-unsaturated/α-hetero) is 2. The summed E-state index contributed by atoms with van der Waals surface area (Å²) in [5.41, 5.74) is 1.11. The van der Waals surface area contributed by atoms with Crippen molar-refractivity contribution in [2.24, 2.45) is 0 Å². The van der Waals surface area contributed by atoms with E-state index in [1.807, 2.05) is 0 Å². The minimum atomic E-state index is -0.679. The van der Waals surface area contributed by atoms with Gasteiger partial charge in [-0.15, -0.1) is 0 Å². The van der Waals surface area contributed by atoms with E-state index in [2.05, 4.69) is 9.97 Å². The van der Waals surface area contributed by atoms with Gasteiger partial charge in [0.05, 0.1) is 0 Å². The summed E-state index contributed by atoms with van der Waals surface area (Å²) in [6, 6.07) is 3.39. The van der Waals surface area contributed by atoms with Crippen LogP contribution in [0.3, 0.4) is 0 Å². The highest BCUT2D eigenvalue weighted by Gasteiger charge is 2.35. The van der Waals surface area contributed by atoms with E-state index in [1.54, 1.807) is 19.1 Å². The lowest BCUT2D eigenvalue weighted by Gasteiger charge is -2.09. The maximum Gasteiger partial charge on any atom is 0.272 e. The zero-order valence-electron chi connectivity index (χ0n) is 8.35. The van der Waals surface area contributed by atoms with Crippen molar-refractivity contribution in [1.29, 1.82) is 0 Å². The first-order chi connectivity index (χ1) is 7.68. The lowest BCUT2D eigenvalue weighted by atomic mass is 9.95. The molecular formula is C11H6N2O3. The maximum atomic E-state index is 11.7. The molecule has 2 aromatic rings. The van der Waals surface area contributed by atoms with E-state index in [0.717, 1.165) is 0 Å². The normalized spacial score (nSPS) is 13.6. The molecule has 2 aromatic heterocycles. The van der Waals surface area contributed by atoms with E-state index in [4.69, 9.17) is 4.42 Å². The number of aromatic nitrogens is 2. The average Bonchev–Trinajstić information content (AvgIpc) is 2.68. The van der Waals surface area contributed by atoms with Crippen LogP contribution in [0.15, 0.2) is 22.7 Å². The van der Waals surface area contributed by atoms with Crippen molar-refractivity contribution in [2.75, 3.05) is 0 Å². The number of rotatable bonds is 0. The molecule has 0 N–H and O–H groups in total. The van der Waals surface area contributed by atoms with Gasteiger partial charge < -0.3 is 4.42 Å². The molecule has 0 fully saturated rings. The molecule has 0 saturated carbocycles. The number of hydrogen-bond acceptors (Lipinski definition) is 5. The van der Waals surface area contributed by atoms with Crippen LogP contribution in [-0.2, 0) is 0 Å². The largest absolute Gasteiger partial charge is 0.437 e. The lowest BCUT2D eigenvalue weighted by molar-refractivity contribution is 0.0795. The van der Waals surface area contributed by atoms with E-state index >= 15 is 0 Å². The third kappa shape index (κ3) is 0.995. The minimum absolute atomic E-state index is 0.0167. The number of oxazole rings is 1. The molecule has 5 nitrogen and oxygen atoms in total. The van der Waals surface area contributed by atoms with Crippen LogP contribution in [0.2, 0.25) is 0 Å². The van der Waals surface area contributed by atoms with Crippen LogP contribution < -0.4 is 0 Å². The molecule has 78 valence electrons. The number of carbonyl (C=O) groups is 2. The van der Waals surface area contributed by atoms with Gasteiger partial charge >= 0.3 is 0 Å². The predicted octanol–water partition coefficient (Wildman–Crippen LogP) is 1.42. The van der Waals surface area contributed by atoms with Crippen LogP contribution in [0.1, 0.15) is 26.9 Å². The first-order valence-electron chi connectivity index (χ1n) is 4.70. The average molecular weight is 214 g/mol. The van der Waals surface area contributed by atoms with Crippen molar-refractivity contribution in [3.63, 3.8) is 0 Å². The van der Waals surface area contributed by atoms with E-state index < -0.39 is 11.6 Å². The zero-order valence-corrected chi connectivity index (χ0v) is 8.35. The molecule has 2 heterocycles. The Morgan fingerprint density at radius 1 is 1.19 bits per heavy atom. The number of aryl methyl sites for hydroxylation is 1. The summed E-state index contributed by atoms with van der Waals surface area (Å²) in [4.78, 5) is 31.4. The van der Waals surface area contributed by atoms with Crippen LogP contribution in [0, 0.1) is 6.92 Å². The van der Waals surface area contributed by atoms with Gasteiger partial charge in [-0.05, 0) is 12.1 Å². The molecule has 0 saturated heterocycles. The highest BCUT2D eigenvalue weighted by molar-refractivity contribution is 6.51. The molecule has 0 radical (unpaired) electrons. The van der Waals surface area contributed by atoms with E-state index in [-0.39, 0.29) is 11.5 Å². The van der Waals surface area contributed by atoms with Crippen molar-refractivity contribution in [3.8, 4) is 11.3 Å². The lowest BCUT2D eigenvalue weighted by Crippen LogP contribution is -2.21. The number of hydrogen-bond donors (Lipinski definition) is 0. The van der Waals surface area contributed by atoms with Crippen LogP contribution >= 0.6 is 0 Å². The molecule has 0 spiro atoms. The molecular weight excluding hydrogens is 208 g/mol. The second kappa shape index (κ2) is 2.85. The fourth-order valence-electron chi connectivity index (χ4n) is 1.75. The summed E-state index contributed by atoms with van der Waals surface area (Å²) >= 11 is 0. The maximum absolute atomic E-state index is 11.7. The number of fused-ring (bicyclic) bond motifs is 3. The first kappa shape index (κ1) is 8.96. The smallest absolute Gasteiger partial charge is 0.272 e. The Morgan fingerprint density at radius 2 is 2.00 bits per heavy atom. The molecule has 3 rings (SSSR count). The Morgan fingerprint density at radius 3 is 2.81 bits per heavy atom. The highest BCUT2D eigenvalue weighted by Crippen LogP contribution is 2.31. The fraction of sp³-hybridized carbons (Fsp3) is 0.0909. The van der Waals surface area contributed by atoms with E-state index in [1.165, 1.54) is 6.20 Å². The molecule has 1 aliphatic carbocycles. The van der Waals surface area contributed by atoms with Crippen molar-refractivity contribution >= 4 is 11.6 Å². The van der Waals surface area contributed by atoms with Gasteiger partial charge in [0.1, 0.15) is 11.4 Å². The molecule has 0 aliphatic heterocycles. The molecule has 5 heteroatoms. The van der Waals surface area contributed by atoms with Gasteiger partial charge in [0.2, 0.25) is 5.76 Å². The summed E-state index contributed by atoms with van der Waals surface area (Å²) in [7, 11) is 0. The van der Waals surface area contributed by atoms with Crippen molar-refractivity contribution in [3.05, 3.63) is 35.7 Å². The number of nitrogens with zero attached hydrogens (tertiary/aromatic N) is 2. The van der Waals surface area contributed by atoms with Crippen LogP contribution in [-0.4, -0.2) is 21.5 Å². The Hall–Kier alpha value is -2.30. The Labute approximate surface area is 90.1 Å². The van der Waals surface area contributed by atoms with Gasteiger partial charge in [-0.25, -0.2) is 4.98 Å². The Bertz CT molecular complexity index is 628. The molecule has 0 atom stereocenters.